The predicted octanol–water partition coefficient (Wildman–Crippen LogP) is 6.63. The Balaban J connectivity index is 1.23. The first-order valence-corrected chi connectivity index (χ1v) is 20.5. The predicted molar refractivity (Wildman–Crippen MR) is 211 cm³/mol. The Labute approximate surface area is 333 Å². The van der Waals surface area contributed by atoms with Crippen LogP contribution in [-0.2, 0) is 22.7 Å². The number of nitrogens with zero attached hydrogens (tertiary/aromatic N) is 6. The lowest BCUT2D eigenvalue weighted by Gasteiger charge is -2.53. The van der Waals surface area contributed by atoms with E-state index >= 15 is 8.78 Å². The normalized spacial score (nSPS) is 23.1. The lowest BCUT2D eigenvalue weighted by molar-refractivity contribution is -0.0142. The highest BCUT2D eigenvalue weighted by Gasteiger charge is 2.56. The van der Waals surface area contributed by atoms with Crippen molar-refractivity contribution in [1.82, 2.24) is 25.2 Å². The average molecular weight is 803 g/mol. The van der Waals surface area contributed by atoms with Gasteiger partial charge in [-0.15, -0.1) is 11.3 Å². The van der Waals surface area contributed by atoms with Gasteiger partial charge in [0.2, 0.25) is 0 Å². The molecule has 7 heterocycles. The molecular formula is C41H48F2N8O5S. The van der Waals surface area contributed by atoms with Crippen molar-refractivity contribution in [2.45, 2.75) is 104 Å². The largest absolute Gasteiger partial charge is 0.463 e. The van der Waals surface area contributed by atoms with E-state index in [-0.39, 0.29) is 85.2 Å². The third kappa shape index (κ3) is 6.37. The van der Waals surface area contributed by atoms with E-state index in [0.717, 1.165) is 62.9 Å². The van der Waals surface area contributed by atoms with Crippen molar-refractivity contribution in [3.05, 3.63) is 34.5 Å². The number of aliphatic hydroxyl groups excluding tert-OH is 1. The molecule has 4 fully saturated rings. The monoisotopic (exact) mass is 802 g/mol. The maximum Gasteiger partial charge on any atom is 0.412 e. The second-order valence-corrected chi connectivity index (χ2v) is 19.5. The van der Waals surface area contributed by atoms with Crippen molar-refractivity contribution in [2.24, 2.45) is 10.8 Å². The molecule has 3 saturated heterocycles. The molecule has 5 aliphatic rings. The third-order valence-electron chi connectivity index (χ3n) is 12.5. The zero-order chi connectivity index (χ0) is 40.2. The lowest BCUT2D eigenvalue weighted by Crippen LogP contribution is -2.66. The standard InChI is InChI=1S/C41H48F2N8O5S/c1-38(2,3)41-8-7-21(12-45-18-41)51(41)34-29-25-17-54-16-24(25)27(30(43)32(29)47-36(48-34)55-20-40(9-10-40)19-50-14-22(52)15-50)31-28-23(11-44)35(49-37(53)56-39(4,5)6)57-33(28)26(42)13-46-31/h13,21-22,45,52H,7-10,12,14-20H2,1-6H3,(H,49,53). The molecule has 4 aliphatic heterocycles. The van der Waals surface area contributed by atoms with Crippen LogP contribution < -0.4 is 20.3 Å². The number of carbonyl (C=O) groups excluding carboxylic acids is 1. The van der Waals surface area contributed by atoms with Crippen molar-refractivity contribution >= 4 is 49.2 Å². The van der Waals surface area contributed by atoms with E-state index < -0.39 is 23.3 Å². The summed E-state index contributed by atoms with van der Waals surface area (Å²) >= 11 is 0.860. The number of anilines is 2. The zero-order valence-corrected chi connectivity index (χ0v) is 34.0. The Hall–Kier alpha value is -4.27. The van der Waals surface area contributed by atoms with E-state index in [4.69, 9.17) is 24.2 Å². The lowest BCUT2D eigenvalue weighted by atomic mass is 9.71. The van der Waals surface area contributed by atoms with Crippen LogP contribution in [0.25, 0.3) is 32.2 Å². The molecule has 0 radical (unpaired) electrons. The summed E-state index contributed by atoms with van der Waals surface area (Å²) in [6, 6.07) is 2.27. The van der Waals surface area contributed by atoms with Gasteiger partial charge in [0.25, 0.3) is 0 Å². The molecule has 2 unspecified atom stereocenters. The number of amides is 1. The van der Waals surface area contributed by atoms with Crippen LogP contribution >= 0.6 is 11.3 Å². The minimum atomic E-state index is -0.822. The van der Waals surface area contributed by atoms with Crippen LogP contribution in [0.5, 0.6) is 6.01 Å². The topological polar surface area (TPSA) is 158 Å². The summed E-state index contributed by atoms with van der Waals surface area (Å²) in [5, 5.41) is 27.3. The number of piperazine rings is 1. The molecule has 1 saturated carbocycles. The summed E-state index contributed by atoms with van der Waals surface area (Å²) in [6.45, 7) is 15.9. The number of hydrogen-bond donors (Lipinski definition) is 3. The molecule has 9 rings (SSSR count). The molecule has 2 bridgehead atoms. The van der Waals surface area contributed by atoms with E-state index in [1.54, 1.807) is 20.8 Å². The minimum absolute atomic E-state index is 0.0343. The second kappa shape index (κ2) is 13.4. The molecule has 3 N–H and O–H groups in total. The molecule has 2 atom stereocenters. The van der Waals surface area contributed by atoms with Crippen LogP contribution in [0.4, 0.5) is 24.4 Å². The molecule has 3 aromatic heterocycles. The van der Waals surface area contributed by atoms with Gasteiger partial charge < -0.3 is 29.5 Å². The number of fused-ring (bicyclic) bond motifs is 6. The van der Waals surface area contributed by atoms with Gasteiger partial charge in [-0.3, -0.25) is 15.2 Å². The van der Waals surface area contributed by atoms with Gasteiger partial charge >= 0.3 is 12.1 Å². The van der Waals surface area contributed by atoms with Crippen molar-refractivity contribution < 1.29 is 32.9 Å². The van der Waals surface area contributed by atoms with Crippen molar-refractivity contribution in [1.29, 1.82) is 5.26 Å². The molecule has 0 spiro atoms. The molecule has 1 amide bonds. The van der Waals surface area contributed by atoms with Crippen LogP contribution in [0.1, 0.15) is 83.9 Å². The zero-order valence-electron chi connectivity index (χ0n) is 33.1. The number of hydrogen-bond acceptors (Lipinski definition) is 13. The summed E-state index contributed by atoms with van der Waals surface area (Å²) in [7, 11) is 0. The van der Waals surface area contributed by atoms with Crippen LogP contribution in [-0.4, -0.2) is 93.7 Å². The van der Waals surface area contributed by atoms with Gasteiger partial charge in [0.05, 0.1) is 59.0 Å². The molecule has 1 aliphatic carbocycles. The number of pyridine rings is 1. The van der Waals surface area contributed by atoms with Gasteiger partial charge in [0, 0.05) is 55.1 Å². The van der Waals surface area contributed by atoms with Crippen molar-refractivity contribution in [2.75, 3.05) is 49.5 Å². The number of halogens is 2. The number of nitriles is 1. The van der Waals surface area contributed by atoms with E-state index in [1.165, 1.54) is 0 Å². The first-order valence-electron chi connectivity index (χ1n) is 19.7. The number of β-amino-alcohol motifs (C(OH)–C–C–N with tert-alkyl or cyclic N) is 1. The summed E-state index contributed by atoms with van der Waals surface area (Å²) in [5.41, 5.74) is -0.146. The Morgan fingerprint density at radius 1 is 1.14 bits per heavy atom. The first kappa shape index (κ1) is 38.3. The SMILES string of the molecule is CC(C)(C)OC(=O)Nc1sc2c(F)cnc(-c3c4c(c5c(N6C7CCC6(C(C)(C)C)CNC7)nc(OCC6(CN7CC(O)C7)CC6)nc5c3F)COC4)c2c1C#N. The first-order chi connectivity index (χ1) is 27.0. The van der Waals surface area contributed by atoms with Gasteiger partial charge in [-0.2, -0.15) is 15.2 Å². The van der Waals surface area contributed by atoms with E-state index in [2.05, 4.69) is 52.3 Å². The molecule has 16 heteroatoms. The fourth-order valence-corrected chi connectivity index (χ4v) is 10.4. The number of benzene rings is 1. The Bertz CT molecular complexity index is 2360. The molecule has 4 aromatic rings. The fourth-order valence-electron chi connectivity index (χ4n) is 9.41. The maximum absolute atomic E-state index is 17.9. The molecule has 57 heavy (non-hydrogen) atoms. The smallest absolute Gasteiger partial charge is 0.412 e. The van der Waals surface area contributed by atoms with Crippen LogP contribution in [0.2, 0.25) is 0 Å². The van der Waals surface area contributed by atoms with Crippen molar-refractivity contribution in [3.63, 3.8) is 0 Å². The van der Waals surface area contributed by atoms with Gasteiger partial charge in [-0.05, 0) is 63.0 Å². The molecular weight excluding hydrogens is 755 g/mol. The summed E-state index contributed by atoms with van der Waals surface area (Å²) in [4.78, 5) is 31.9. The Morgan fingerprint density at radius 3 is 2.58 bits per heavy atom. The quantitative estimate of drug-likeness (QED) is 0.175. The minimum Gasteiger partial charge on any atom is -0.463 e. The molecule has 13 nitrogen and oxygen atoms in total. The molecule has 302 valence electrons. The molecule has 1 aromatic carbocycles. The summed E-state index contributed by atoms with van der Waals surface area (Å²) in [6.07, 6.45) is 3.69. The van der Waals surface area contributed by atoms with Crippen LogP contribution in [0, 0.1) is 33.8 Å². The van der Waals surface area contributed by atoms with E-state index in [9.17, 15) is 15.2 Å². The fraction of sp³-hybridized carbons (Fsp3) is 0.585. The van der Waals surface area contributed by atoms with E-state index in [1.807, 2.05) is 0 Å². The maximum atomic E-state index is 17.9. The number of thiophene rings is 1. The van der Waals surface area contributed by atoms with Gasteiger partial charge in [-0.25, -0.2) is 13.6 Å². The van der Waals surface area contributed by atoms with Gasteiger partial charge in [0.15, 0.2) is 11.6 Å². The highest BCUT2D eigenvalue weighted by Crippen LogP contribution is 2.54. The van der Waals surface area contributed by atoms with Crippen LogP contribution in [0.15, 0.2) is 6.20 Å². The van der Waals surface area contributed by atoms with Crippen molar-refractivity contribution in [3.8, 4) is 23.3 Å². The van der Waals surface area contributed by atoms with Crippen LogP contribution in [0.3, 0.4) is 0 Å². The summed E-state index contributed by atoms with van der Waals surface area (Å²) < 4.78 is 51.6. The summed E-state index contributed by atoms with van der Waals surface area (Å²) in [5.74, 6) is -0.820. The number of rotatable bonds is 8. The number of ether oxygens (including phenoxy) is 3. The third-order valence-corrected chi connectivity index (χ3v) is 13.6. The Kier molecular flexibility index (Phi) is 8.98. The average Bonchev–Trinajstić information content (AvgIpc) is 3.42. The van der Waals surface area contributed by atoms with Gasteiger partial charge in [-0.1, -0.05) is 20.8 Å². The highest BCUT2D eigenvalue weighted by atomic mass is 32.1. The van der Waals surface area contributed by atoms with Gasteiger partial charge in [0.1, 0.15) is 28.0 Å². The highest BCUT2D eigenvalue weighted by molar-refractivity contribution is 7.23. The van der Waals surface area contributed by atoms with E-state index in [0.29, 0.717) is 42.0 Å². The number of aromatic nitrogens is 3. The Morgan fingerprint density at radius 2 is 1.89 bits per heavy atom. The number of carbonyl (C=O) groups is 1. The number of aliphatic hydroxyl groups is 1. The second-order valence-electron chi connectivity index (χ2n) is 18.5. The number of nitrogens with one attached hydrogen (secondary N) is 2. The number of likely N-dealkylation sites (tertiary alicyclic amines) is 1.